The minimum absolute atomic E-state index is 0.137. The van der Waals surface area contributed by atoms with E-state index in [9.17, 15) is 4.79 Å². The predicted octanol–water partition coefficient (Wildman–Crippen LogP) is 2.89. The van der Waals surface area contributed by atoms with Gasteiger partial charge in [-0.25, -0.2) is 14.8 Å². The zero-order valence-corrected chi connectivity index (χ0v) is 11.7. The lowest BCUT2D eigenvalue weighted by atomic mass is 10.1. The van der Waals surface area contributed by atoms with Crippen LogP contribution in [0.15, 0.2) is 18.2 Å². The highest BCUT2D eigenvalue weighted by Gasteiger charge is 2.11. The molecule has 0 unspecified atom stereocenters. The van der Waals surface area contributed by atoms with Crippen molar-refractivity contribution in [2.24, 2.45) is 0 Å². The second-order valence-corrected chi connectivity index (χ2v) is 4.70. The first-order valence-electron chi connectivity index (χ1n) is 5.83. The number of rotatable bonds is 3. The van der Waals surface area contributed by atoms with Crippen LogP contribution in [0.1, 0.15) is 24.2 Å². The van der Waals surface area contributed by atoms with Crippen molar-refractivity contribution in [1.29, 1.82) is 0 Å². The molecule has 2 aromatic rings. The summed E-state index contributed by atoms with van der Waals surface area (Å²) < 4.78 is 4.68. The van der Waals surface area contributed by atoms with Gasteiger partial charge in [-0.1, -0.05) is 0 Å². The summed E-state index contributed by atoms with van der Waals surface area (Å²) in [5.74, 6) is 0.247. The van der Waals surface area contributed by atoms with Crippen molar-refractivity contribution in [1.82, 2.24) is 9.97 Å². The number of fused-ring (bicyclic) bond motifs is 1. The summed E-state index contributed by atoms with van der Waals surface area (Å²) in [6.07, 6.45) is 0. The molecule has 6 heteroatoms. The summed E-state index contributed by atoms with van der Waals surface area (Å²) in [4.78, 5) is 19.8. The summed E-state index contributed by atoms with van der Waals surface area (Å²) in [6.45, 7) is 4.01. The molecule has 1 heterocycles. The lowest BCUT2D eigenvalue weighted by molar-refractivity contribution is 0.0601. The second-order valence-electron chi connectivity index (χ2n) is 4.36. The molecule has 0 bridgehead atoms. The van der Waals surface area contributed by atoms with Crippen LogP contribution in [0.4, 0.5) is 5.82 Å². The van der Waals surface area contributed by atoms with E-state index in [1.807, 2.05) is 13.8 Å². The zero-order valence-electron chi connectivity index (χ0n) is 10.9. The molecule has 0 aliphatic carbocycles. The summed E-state index contributed by atoms with van der Waals surface area (Å²) >= 11 is 5.89. The molecule has 0 amide bonds. The quantitative estimate of drug-likeness (QED) is 0.691. The normalized spacial score (nSPS) is 10.8. The third kappa shape index (κ3) is 2.93. The molecular weight excluding hydrogens is 266 g/mol. The van der Waals surface area contributed by atoms with Gasteiger partial charge in [-0.15, -0.1) is 0 Å². The van der Waals surface area contributed by atoms with Crippen LogP contribution >= 0.6 is 11.6 Å². The lowest BCUT2D eigenvalue weighted by Gasteiger charge is -2.12. The van der Waals surface area contributed by atoms with Crippen LogP contribution in [-0.4, -0.2) is 29.1 Å². The fourth-order valence-electron chi connectivity index (χ4n) is 1.73. The number of ether oxygens (including phenoxy) is 1. The third-order valence-electron chi connectivity index (χ3n) is 2.52. The van der Waals surface area contributed by atoms with Crippen LogP contribution in [0, 0.1) is 0 Å². The molecule has 1 aromatic heterocycles. The number of carbonyl (C=O) groups excluding carboxylic acids is 1. The number of anilines is 1. The number of halogens is 1. The molecule has 2 rings (SSSR count). The van der Waals surface area contributed by atoms with Crippen LogP contribution in [-0.2, 0) is 4.74 Å². The number of carbonyl (C=O) groups is 1. The van der Waals surface area contributed by atoms with Gasteiger partial charge in [-0.05, 0) is 43.6 Å². The van der Waals surface area contributed by atoms with Crippen LogP contribution in [0.5, 0.6) is 0 Å². The maximum atomic E-state index is 11.5. The smallest absolute Gasteiger partial charge is 0.337 e. The van der Waals surface area contributed by atoms with E-state index in [0.717, 1.165) is 5.39 Å². The van der Waals surface area contributed by atoms with Crippen LogP contribution in [0.25, 0.3) is 10.9 Å². The fourth-order valence-corrected chi connectivity index (χ4v) is 1.91. The number of esters is 1. The monoisotopic (exact) mass is 279 g/mol. The molecule has 0 spiro atoms. The summed E-state index contributed by atoms with van der Waals surface area (Å²) in [7, 11) is 1.34. The molecule has 0 aliphatic rings. The summed E-state index contributed by atoms with van der Waals surface area (Å²) in [5.41, 5.74) is 1.03. The SMILES string of the molecule is COC(=O)c1ccc2c(NC(C)C)nc(Cl)nc2c1. The fraction of sp³-hybridized carbons (Fsp3) is 0.308. The highest BCUT2D eigenvalue weighted by molar-refractivity contribution is 6.28. The average Bonchev–Trinajstić information content (AvgIpc) is 2.36. The van der Waals surface area contributed by atoms with Crippen LogP contribution in [0.2, 0.25) is 5.28 Å². The third-order valence-corrected chi connectivity index (χ3v) is 2.69. The van der Waals surface area contributed by atoms with E-state index in [1.165, 1.54) is 7.11 Å². The summed E-state index contributed by atoms with van der Waals surface area (Å²) in [6, 6.07) is 5.31. The lowest BCUT2D eigenvalue weighted by Crippen LogP contribution is -2.12. The number of nitrogens with zero attached hydrogens (tertiary/aromatic N) is 2. The van der Waals surface area contributed by atoms with Gasteiger partial charge < -0.3 is 10.1 Å². The second kappa shape index (κ2) is 5.40. The number of benzene rings is 1. The maximum Gasteiger partial charge on any atom is 0.337 e. The van der Waals surface area contributed by atoms with Gasteiger partial charge in [-0.2, -0.15) is 0 Å². The van der Waals surface area contributed by atoms with Crippen molar-refractivity contribution >= 4 is 34.3 Å². The minimum Gasteiger partial charge on any atom is -0.465 e. The van der Waals surface area contributed by atoms with Crippen molar-refractivity contribution < 1.29 is 9.53 Å². The van der Waals surface area contributed by atoms with E-state index in [0.29, 0.717) is 16.9 Å². The first kappa shape index (κ1) is 13.5. The Morgan fingerprint density at radius 1 is 1.37 bits per heavy atom. The molecule has 0 aliphatic heterocycles. The number of methoxy groups -OCH3 is 1. The molecule has 0 atom stereocenters. The van der Waals surface area contributed by atoms with Gasteiger partial charge in [0.05, 0.1) is 18.2 Å². The standard InChI is InChI=1S/C13H14ClN3O2/c1-7(2)15-11-9-5-4-8(12(18)19-3)6-10(9)16-13(14)17-11/h4-7H,1-3H3,(H,15,16,17). The van der Waals surface area contributed by atoms with E-state index >= 15 is 0 Å². The van der Waals surface area contributed by atoms with Crippen LogP contribution in [0.3, 0.4) is 0 Å². The highest BCUT2D eigenvalue weighted by atomic mass is 35.5. The molecule has 5 nitrogen and oxygen atoms in total. The topological polar surface area (TPSA) is 64.1 Å². The van der Waals surface area contributed by atoms with Crippen molar-refractivity contribution in [2.75, 3.05) is 12.4 Å². The molecule has 0 radical (unpaired) electrons. The predicted molar refractivity (Wildman–Crippen MR) is 74.6 cm³/mol. The van der Waals surface area contributed by atoms with Crippen molar-refractivity contribution in [3.05, 3.63) is 29.0 Å². The summed E-state index contributed by atoms with van der Waals surface area (Å²) in [5, 5.41) is 4.15. The molecule has 0 fully saturated rings. The minimum atomic E-state index is -0.407. The van der Waals surface area contributed by atoms with Gasteiger partial charge in [0.15, 0.2) is 0 Å². The van der Waals surface area contributed by atoms with Gasteiger partial charge in [0.2, 0.25) is 5.28 Å². The van der Waals surface area contributed by atoms with Gasteiger partial charge in [-0.3, -0.25) is 0 Å². The first-order valence-corrected chi connectivity index (χ1v) is 6.21. The molecule has 1 aromatic carbocycles. The Kier molecular flexibility index (Phi) is 3.85. The largest absolute Gasteiger partial charge is 0.465 e. The van der Waals surface area contributed by atoms with E-state index in [1.54, 1.807) is 18.2 Å². The average molecular weight is 280 g/mol. The maximum absolute atomic E-state index is 11.5. The molecule has 19 heavy (non-hydrogen) atoms. The van der Waals surface area contributed by atoms with Crippen molar-refractivity contribution in [3.8, 4) is 0 Å². The van der Waals surface area contributed by atoms with Gasteiger partial charge in [0.25, 0.3) is 0 Å². The van der Waals surface area contributed by atoms with E-state index in [-0.39, 0.29) is 11.3 Å². The Morgan fingerprint density at radius 3 is 2.74 bits per heavy atom. The molecule has 0 saturated carbocycles. The number of hydrogen-bond acceptors (Lipinski definition) is 5. The number of aromatic nitrogens is 2. The molecule has 0 saturated heterocycles. The molecule has 1 N–H and O–H groups in total. The molecule has 100 valence electrons. The number of nitrogens with one attached hydrogen (secondary N) is 1. The Labute approximate surface area is 116 Å². The van der Waals surface area contributed by atoms with Gasteiger partial charge in [0, 0.05) is 11.4 Å². The number of hydrogen-bond donors (Lipinski definition) is 1. The Bertz CT molecular complexity index is 629. The van der Waals surface area contributed by atoms with Crippen LogP contribution < -0.4 is 5.32 Å². The van der Waals surface area contributed by atoms with Crippen molar-refractivity contribution in [3.63, 3.8) is 0 Å². The molecular formula is C13H14ClN3O2. The Hall–Kier alpha value is -1.88. The Balaban J connectivity index is 2.57. The van der Waals surface area contributed by atoms with E-state index in [4.69, 9.17) is 11.6 Å². The van der Waals surface area contributed by atoms with E-state index < -0.39 is 5.97 Å². The highest BCUT2D eigenvalue weighted by Crippen LogP contribution is 2.24. The van der Waals surface area contributed by atoms with E-state index in [2.05, 4.69) is 20.0 Å². The van der Waals surface area contributed by atoms with Crippen molar-refractivity contribution in [2.45, 2.75) is 19.9 Å². The zero-order chi connectivity index (χ0) is 14.0. The van der Waals surface area contributed by atoms with Gasteiger partial charge in [0.1, 0.15) is 5.82 Å². The van der Waals surface area contributed by atoms with Gasteiger partial charge >= 0.3 is 5.97 Å². The Morgan fingerprint density at radius 2 is 2.11 bits per heavy atom. The first-order chi connectivity index (χ1) is 9.01.